The smallest absolute Gasteiger partial charge is 0.119 e. The lowest BCUT2D eigenvalue weighted by atomic mass is 9.89. The van der Waals surface area contributed by atoms with Gasteiger partial charge in [-0.25, -0.2) is 0 Å². The Labute approximate surface area is 108 Å². The van der Waals surface area contributed by atoms with Gasteiger partial charge in [0.1, 0.15) is 11.9 Å². The molecule has 18 heavy (non-hydrogen) atoms. The predicted octanol–water partition coefficient (Wildman–Crippen LogP) is 2.81. The summed E-state index contributed by atoms with van der Waals surface area (Å²) in [5.41, 5.74) is -0.172. The molecule has 1 atom stereocenters. The molecule has 1 aliphatic carbocycles. The van der Waals surface area contributed by atoms with Crippen LogP contribution in [-0.2, 0) is 0 Å². The quantitative estimate of drug-likeness (QED) is 0.845. The first kappa shape index (κ1) is 13.4. The van der Waals surface area contributed by atoms with E-state index in [9.17, 15) is 10.2 Å². The molecule has 0 spiro atoms. The summed E-state index contributed by atoms with van der Waals surface area (Å²) in [5.74, 6) is 0.811. The molecule has 0 saturated heterocycles. The first-order valence-corrected chi connectivity index (χ1v) is 6.79. The zero-order chi connectivity index (χ0) is 13.0. The Hall–Kier alpha value is -1.06. The monoisotopic (exact) mass is 250 g/mol. The Bertz CT molecular complexity index is 366. The first-order valence-electron chi connectivity index (χ1n) is 6.79. The maximum absolute atomic E-state index is 10.3. The highest BCUT2D eigenvalue weighted by Gasteiger charge is 2.39. The minimum atomic E-state index is -0.939. The highest BCUT2D eigenvalue weighted by molar-refractivity contribution is 5.30. The maximum atomic E-state index is 10.3. The van der Waals surface area contributed by atoms with E-state index in [1.807, 2.05) is 24.3 Å². The van der Waals surface area contributed by atoms with E-state index in [4.69, 9.17) is 4.74 Å². The molecule has 0 aliphatic heterocycles. The zero-order valence-corrected chi connectivity index (χ0v) is 10.9. The van der Waals surface area contributed by atoms with Crippen LogP contribution in [0.1, 0.15) is 50.7 Å². The Morgan fingerprint density at radius 2 is 1.83 bits per heavy atom. The lowest BCUT2D eigenvalue weighted by Crippen LogP contribution is -2.32. The summed E-state index contributed by atoms with van der Waals surface area (Å²) in [5, 5.41) is 20.6. The summed E-state index contributed by atoms with van der Waals surface area (Å²) >= 11 is 0. The minimum absolute atomic E-state index is 0.683. The second-order valence-corrected chi connectivity index (χ2v) is 5.13. The summed E-state index contributed by atoms with van der Waals surface area (Å²) in [4.78, 5) is 0. The zero-order valence-electron chi connectivity index (χ0n) is 10.9. The van der Waals surface area contributed by atoms with Crippen molar-refractivity contribution in [1.82, 2.24) is 0 Å². The van der Waals surface area contributed by atoms with Crippen LogP contribution < -0.4 is 4.74 Å². The van der Waals surface area contributed by atoms with Crippen LogP contribution in [0.2, 0.25) is 0 Å². The maximum Gasteiger partial charge on any atom is 0.119 e. The number of rotatable bonds is 5. The molecule has 0 amide bonds. The van der Waals surface area contributed by atoms with Crippen LogP contribution in [-0.4, -0.2) is 22.4 Å². The fourth-order valence-electron chi connectivity index (χ4n) is 2.54. The van der Waals surface area contributed by atoms with Crippen LogP contribution in [0.4, 0.5) is 0 Å². The topological polar surface area (TPSA) is 49.7 Å². The third kappa shape index (κ3) is 2.85. The number of aliphatic hydroxyl groups is 2. The molecule has 1 aromatic rings. The molecule has 2 rings (SSSR count). The van der Waals surface area contributed by atoms with Gasteiger partial charge in [0, 0.05) is 0 Å². The highest BCUT2D eigenvalue weighted by Crippen LogP contribution is 2.39. The Kier molecular flexibility index (Phi) is 4.25. The molecular weight excluding hydrogens is 228 g/mol. The second kappa shape index (κ2) is 5.72. The van der Waals surface area contributed by atoms with Gasteiger partial charge in [-0.15, -0.1) is 0 Å². The first-order chi connectivity index (χ1) is 8.65. The van der Waals surface area contributed by atoms with Gasteiger partial charge in [0.25, 0.3) is 0 Å². The van der Waals surface area contributed by atoms with E-state index in [1.54, 1.807) is 0 Å². The van der Waals surface area contributed by atoms with Gasteiger partial charge in [-0.05, 0) is 37.0 Å². The van der Waals surface area contributed by atoms with Crippen LogP contribution >= 0.6 is 0 Å². The van der Waals surface area contributed by atoms with Crippen molar-refractivity contribution >= 4 is 0 Å². The van der Waals surface area contributed by atoms with Crippen molar-refractivity contribution in [2.45, 2.75) is 50.7 Å². The normalized spacial score (nSPS) is 19.7. The average molecular weight is 250 g/mol. The third-order valence-corrected chi connectivity index (χ3v) is 3.65. The van der Waals surface area contributed by atoms with Gasteiger partial charge in [0.05, 0.1) is 12.2 Å². The van der Waals surface area contributed by atoms with Crippen molar-refractivity contribution < 1.29 is 14.9 Å². The van der Waals surface area contributed by atoms with Crippen molar-refractivity contribution in [1.29, 1.82) is 0 Å². The van der Waals surface area contributed by atoms with Crippen LogP contribution in [0.3, 0.4) is 0 Å². The number of aliphatic hydroxyl groups excluding tert-OH is 1. The molecule has 3 heteroatoms. The van der Waals surface area contributed by atoms with Crippen molar-refractivity contribution in [2.24, 2.45) is 0 Å². The van der Waals surface area contributed by atoms with Gasteiger partial charge in [-0.2, -0.15) is 0 Å². The molecule has 1 aliphatic rings. The van der Waals surface area contributed by atoms with E-state index in [0.29, 0.717) is 19.4 Å². The second-order valence-electron chi connectivity index (χ2n) is 5.13. The van der Waals surface area contributed by atoms with E-state index in [-0.39, 0.29) is 0 Å². The van der Waals surface area contributed by atoms with Gasteiger partial charge < -0.3 is 14.9 Å². The SMILES string of the molecule is CCCOc1ccc(C(O)C2(O)CCCC2)cc1. The largest absolute Gasteiger partial charge is 0.494 e. The van der Waals surface area contributed by atoms with E-state index in [1.165, 1.54) is 0 Å². The van der Waals surface area contributed by atoms with Crippen molar-refractivity contribution in [2.75, 3.05) is 6.61 Å². The van der Waals surface area contributed by atoms with Crippen molar-refractivity contribution in [3.8, 4) is 5.75 Å². The van der Waals surface area contributed by atoms with Gasteiger partial charge in [0.2, 0.25) is 0 Å². The fraction of sp³-hybridized carbons (Fsp3) is 0.600. The number of benzene rings is 1. The van der Waals surface area contributed by atoms with Gasteiger partial charge >= 0.3 is 0 Å². The summed E-state index contributed by atoms with van der Waals surface area (Å²) in [6, 6.07) is 7.39. The minimum Gasteiger partial charge on any atom is -0.494 e. The lowest BCUT2D eigenvalue weighted by molar-refractivity contribution is -0.0719. The average Bonchev–Trinajstić information content (AvgIpc) is 2.84. The molecule has 100 valence electrons. The summed E-state index contributed by atoms with van der Waals surface area (Å²) < 4.78 is 5.50. The standard InChI is InChI=1S/C15H22O3/c1-2-11-18-13-7-5-12(6-8-13)14(16)15(17)9-3-4-10-15/h5-8,14,16-17H,2-4,9-11H2,1H3. The summed E-state index contributed by atoms with van der Waals surface area (Å²) in [6.07, 6.45) is 3.53. The molecule has 2 N–H and O–H groups in total. The summed E-state index contributed by atoms with van der Waals surface area (Å²) in [6.45, 7) is 2.76. The molecule has 0 radical (unpaired) electrons. The van der Waals surface area contributed by atoms with E-state index in [0.717, 1.165) is 30.6 Å². The molecule has 3 nitrogen and oxygen atoms in total. The molecular formula is C15H22O3. The highest BCUT2D eigenvalue weighted by atomic mass is 16.5. The van der Waals surface area contributed by atoms with Crippen molar-refractivity contribution in [3.63, 3.8) is 0 Å². The van der Waals surface area contributed by atoms with E-state index < -0.39 is 11.7 Å². The van der Waals surface area contributed by atoms with E-state index in [2.05, 4.69) is 6.92 Å². The molecule has 0 bridgehead atoms. The summed E-state index contributed by atoms with van der Waals surface area (Å²) in [7, 11) is 0. The Morgan fingerprint density at radius 3 is 2.39 bits per heavy atom. The third-order valence-electron chi connectivity index (χ3n) is 3.65. The van der Waals surface area contributed by atoms with Gasteiger partial charge in [0.15, 0.2) is 0 Å². The molecule has 0 aromatic heterocycles. The Morgan fingerprint density at radius 1 is 1.22 bits per heavy atom. The van der Waals surface area contributed by atoms with Crippen LogP contribution in [0.5, 0.6) is 5.75 Å². The molecule has 1 unspecified atom stereocenters. The number of hydrogen-bond acceptors (Lipinski definition) is 3. The lowest BCUT2D eigenvalue weighted by Gasteiger charge is -2.28. The van der Waals surface area contributed by atoms with Crippen LogP contribution in [0.15, 0.2) is 24.3 Å². The number of hydrogen-bond donors (Lipinski definition) is 2. The molecule has 0 heterocycles. The molecule has 1 fully saturated rings. The van der Waals surface area contributed by atoms with Gasteiger partial charge in [-0.3, -0.25) is 0 Å². The Balaban J connectivity index is 2.04. The molecule has 1 aromatic carbocycles. The van der Waals surface area contributed by atoms with Crippen LogP contribution in [0, 0.1) is 0 Å². The number of ether oxygens (including phenoxy) is 1. The van der Waals surface area contributed by atoms with Gasteiger partial charge in [-0.1, -0.05) is 31.9 Å². The fourth-order valence-corrected chi connectivity index (χ4v) is 2.54. The van der Waals surface area contributed by atoms with Crippen molar-refractivity contribution in [3.05, 3.63) is 29.8 Å². The van der Waals surface area contributed by atoms with E-state index >= 15 is 0 Å². The predicted molar refractivity (Wildman–Crippen MR) is 70.6 cm³/mol. The van der Waals surface area contributed by atoms with Crippen LogP contribution in [0.25, 0.3) is 0 Å². The molecule has 1 saturated carbocycles.